The van der Waals surface area contributed by atoms with Gasteiger partial charge >= 0.3 is 0 Å². The number of sulfonamides is 1. The monoisotopic (exact) mass is 387 g/mol. The van der Waals surface area contributed by atoms with Crippen LogP contribution in [0.25, 0.3) is 10.2 Å². The number of aromatic nitrogens is 1. The summed E-state index contributed by atoms with van der Waals surface area (Å²) in [6.45, 7) is 2.55. The Hall–Kier alpha value is -0.890. The van der Waals surface area contributed by atoms with Gasteiger partial charge in [0.1, 0.15) is 0 Å². The molecule has 0 saturated heterocycles. The minimum absolute atomic E-state index is 0.0933. The van der Waals surface area contributed by atoms with Gasteiger partial charge in [-0.3, -0.25) is 0 Å². The van der Waals surface area contributed by atoms with Crippen LogP contribution in [0.2, 0.25) is 5.02 Å². The van der Waals surface area contributed by atoms with Crippen LogP contribution >= 0.6 is 22.9 Å². The number of anilines is 1. The van der Waals surface area contributed by atoms with Gasteiger partial charge in [0.15, 0.2) is 5.13 Å². The Bertz CT molecular complexity index is 799. The molecular weight excluding hydrogens is 366 g/mol. The maximum absolute atomic E-state index is 11.6. The number of benzene rings is 1. The van der Waals surface area contributed by atoms with Crippen LogP contribution in [0.5, 0.6) is 0 Å². The summed E-state index contributed by atoms with van der Waals surface area (Å²) < 4.78 is 27.2. The average molecular weight is 388 g/mol. The Kier molecular flexibility index (Phi) is 5.64. The molecule has 2 aromatic rings. The molecule has 1 aliphatic carbocycles. The fraction of sp³-hybridized carbons (Fsp3) is 0.562. The van der Waals surface area contributed by atoms with Crippen molar-refractivity contribution in [3.05, 3.63) is 23.2 Å². The van der Waals surface area contributed by atoms with Gasteiger partial charge in [-0.05, 0) is 56.7 Å². The Morgan fingerprint density at radius 3 is 2.75 bits per heavy atom. The lowest BCUT2D eigenvalue weighted by Crippen LogP contribution is -2.39. The van der Waals surface area contributed by atoms with E-state index in [2.05, 4.69) is 15.0 Å². The summed E-state index contributed by atoms with van der Waals surface area (Å²) in [6.07, 6.45) is 3.86. The molecule has 0 amide bonds. The molecule has 2 N–H and O–H groups in total. The van der Waals surface area contributed by atoms with E-state index in [1.165, 1.54) is 0 Å². The molecule has 0 spiro atoms. The van der Waals surface area contributed by atoms with Crippen molar-refractivity contribution in [3.63, 3.8) is 0 Å². The third kappa shape index (κ3) is 4.59. The van der Waals surface area contributed by atoms with E-state index in [0.717, 1.165) is 47.6 Å². The van der Waals surface area contributed by atoms with Crippen LogP contribution in [0, 0.1) is 5.92 Å². The Morgan fingerprint density at radius 1 is 1.29 bits per heavy atom. The van der Waals surface area contributed by atoms with Gasteiger partial charge in [0, 0.05) is 17.6 Å². The molecule has 1 aliphatic rings. The average Bonchev–Trinajstić information content (AvgIpc) is 2.96. The molecule has 0 atom stereocenters. The van der Waals surface area contributed by atoms with Crippen LogP contribution in [0.3, 0.4) is 0 Å². The standard InChI is InChI=1S/C16H22ClN3O2S2/c1-2-24(21,22)20-13-6-3-11(4-7-13)10-18-16-19-14-9-12(17)5-8-15(14)23-16/h5,8-9,11,13,20H,2-4,6-7,10H2,1H3,(H,18,19). The van der Waals surface area contributed by atoms with Crippen LogP contribution in [-0.2, 0) is 10.0 Å². The first-order chi connectivity index (χ1) is 11.4. The van der Waals surface area contributed by atoms with Crippen LogP contribution in [0.1, 0.15) is 32.6 Å². The van der Waals surface area contributed by atoms with Gasteiger partial charge in [0.2, 0.25) is 10.0 Å². The van der Waals surface area contributed by atoms with E-state index in [0.29, 0.717) is 10.9 Å². The Morgan fingerprint density at radius 2 is 2.04 bits per heavy atom. The van der Waals surface area contributed by atoms with Crippen molar-refractivity contribution in [2.75, 3.05) is 17.6 Å². The number of rotatable bonds is 6. The van der Waals surface area contributed by atoms with E-state index in [4.69, 9.17) is 11.6 Å². The number of thiazole rings is 1. The topological polar surface area (TPSA) is 71.1 Å². The fourth-order valence-electron chi connectivity index (χ4n) is 3.03. The number of nitrogens with one attached hydrogen (secondary N) is 2. The fourth-order valence-corrected chi connectivity index (χ4v) is 4.96. The second-order valence-corrected chi connectivity index (χ2v) is 9.76. The molecule has 0 unspecified atom stereocenters. The minimum atomic E-state index is -3.09. The summed E-state index contributed by atoms with van der Waals surface area (Å²) in [5.41, 5.74) is 0.924. The van der Waals surface area contributed by atoms with Gasteiger partial charge in [-0.15, -0.1) is 0 Å². The highest BCUT2D eigenvalue weighted by molar-refractivity contribution is 7.89. The summed E-state index contributed by atoms with van der Waals surface area (Å²) >= 11 is 7.63. The van der Waals surface area contributed by atoms with Crippen molar-refractivity contribution in [1.29, 1.82) is 0 Å². The van der Waals surface area contributed by atoms with Gasteiger partial charge in [-0.1, -0.05) is 22.9 Å². The molecule has 1 fully saturated rings. The van der Waals surface area contributed by atoms with E-state index >= 15 is 0 Å². The first kappa shape index (κ1) is 17.9. The van der Waals surface area contributed by atoms with Gasteiger partial charge < -0.3 is 5.32 Å². The Balaban J connectivity index is 1.49. The third-order valence-electron chi connectivity index (χ3n) is 4.46. The van der Waals surface area contributed by atoms with Gasteiger partial charge in [-0.2, -0.15) is 0 Å². The SMILES string of the molecule is CCS(=O)(=O)NC1CCC(CNc2nc3cc(Cl)ccc3s2)CC1. The summed E-state index contributed by atoms with van der Waals surface area (Å²) in [6, 6.07) is 5.84. The lowest BCUT2D eigenvalue weighted by Gasteiger charge is -2.28. The summed E-state index contributed by atoms with van der Waals surface area (Å²) in [5, 5.41) is 5.04. The van der Waals surface area contributed by atoms with Gasteiger partial charge in [0.05, 0.1) is 16.0 Å². The molecule has 132 valence electrons. The number of halogens is 1. The normalized spacial score (nSPS) is 21.9. The van der Waals surface area contributed by atoms with E-state index < -0.39 is 10.0 Å². The molecule has 1 heterocycles. The quantitative estimate of drug-likeness (QED) is 0.789. The molecule has 0 bridgehead atoms. The van der Waals surface area contributed by atoms with Crippen LogP contribution in [0.15, 0.2) is 18.2 Å². The molecule has 1 aromatic heterocycles. The zero-order chi connectivity index (χ0) is 17.2. The number of nitrogens with zero attached hydrogens (tertiary/aromatic N) is 1. The van der Waals surface area contributed by atoms with E-state index in [9.17, 15) is 8.42 Å². The molecule has 8 heteroatoms. The van der Waals surface area contributed by atoms with E-state index in [-0.39, 0.29) is 11.8 Å². The molecule has 3 rings (SSSR count). The first-order valence-corrected chi connectivity index (χ1v) is 11.1. The molecule has 1 aromatic carbocycles. The lowest BCUT2D eigenvalue weighted by atomic mass is 9.86. The van der Waals surface area contributed by atoms with Crippen molar-refractivity contribution < 1.29 is 8.42 Å². The largest absolute Gasteiger partial charge is 0.361 e. The molecule has 0 radical (unpaired) electrons. The van der Waals surface area contributed by atoms with Gasteiger partial charge in [0.25, 0.3) is 0 Å². The second-order valence-electron chi connectivity index (χ2n) is 6.25. The maximum atomic E-state index is 11.6. The number of hydrogen-bond donors (Lipinski definition) is 2. The van der Waals surface area contributed by atoms with E-state index in [1.807, 2.05) is 18.2 Å². The molecule has 1 saturated carbocycles. The van der Waals surface area contributed by atoms with Crippen LogP contribution in [0.4, 0.5) is 5.13 Å². The van der Waals surface area contributed by atoms with Crippen molar-refractivity contribution in [3.8, 4) is 0 Å². The highest BCUT2D eigenvalue weighted by atomic mass is 35.5. The number of fused-ring (bicyclic) bond motifs is 1. The predicted molar refractivity (Wildman–Crippen MR) is 101 cm³/mol. The maximum Gasteiger partial charge on any atom is 0.211 e. The van der Waals surface area contributed by atoms with E-state index in [1.54, 1.807) is 18.3 Å². The van der Waals surface area contributed by atoms with Crippen molar-refractivity contribution in [2.24, 2.45) is 5.92 Å². The zero-order valence-electron chi connectivity index (χ0n) is 13.6. The molecule has 5 nitrogen and oxygen atoms in total. The summed E-state index contributed by atoms with van der Waals surface area (Å²) in [4.78, 5) is 4.56. The highest BCUT2D eigenvalue weighted by Crippen LogP contribution is 2.30. The lowest BCUT2D eigenvalue weighted by molar-refractivity contribution is 0.324. The highest BCUT2D eigenvalue weighted by Gasteiger charge is 2.24. The summed E-state index contributed by atoms with van der Waals surface area (Å²) in [5.74, 6) is 0.707. The Labute approximate surface area is 151 Å². The molecular formula is C16H22ClN3O2S2. The smallest absolute Gasteiger partial charge is 0.211 e. The third-order valence-corrected chi connectivity index (χ3v) is 7.15. The first-order valence-electron chi connectivity index (χ1n) is 8.25. The minimum Gasteiger partial charge on any atom is -0.361 e. The molecule has 24 heavy (non-hydrogen) atoms. The molecule has 0 aliphatic heterocycles. The van der Waals surface area contributed by atoms with Gasteiger partial charge in [-0.25, -0.2) is 18.1 Å². The van der Waals surface area contributed by atoms with Crippen molar-refractivity contribution in [1.82, 2.24) is 9.71 Å². The predicted octanol–water partition coefficient (Wildman–Crippen LogP) is 3.86. The zero-order valence-corrected chi connectivity index (χ0v) is 16.0. The number of hydrogen-bond acceptors (Lipinski definition) is 5. The second kappa shape index (κ2) is 7.56. The summed E-state index contributed by atoms with van der Waals surface area (Å²) in [7, 11) is -3.09. The van der Waals surface area contributed by atoms with Crippen molar-refractivity contribution in [2.45, 2.75) is 38.6 Å². The van der Waals surface area contributed by atoms with Crippen LogP contribution in [-0.4, -0.2) is 31.7 Å². The van der Waals surface area contributed by atoms with Crippen LogP contribution < -0.4 is 10.0 Å². The van der Waals surface area contributed by atoms with Crippen molar-refractivity contribution >= 4 is 48.3 Å².